The first kappa shape index (κ1) is 20.5. The third-order valence-electron chi connectivity index (χ3n) is 5.60. The van der Waals surface area contributed by atoms with Crippen molar-refractivity contribution in [2.75, 3.05) is 25.0 Å². The fourth-order valence-corrected chi connectivity index (χ4v) is 5.21. The second-order valence-corrected chi connectivity index (χ2v) is 8.70. The molecule has 0 bridgehead atoms. The average molecular weight is 424 g/mol. The maximum absolute atomic E-state index is 12.5. The monoisotopic (exact) mass is 423 g/mol. The van der Waals surface area contributed by atoms with Gasteiger partial charge in [-0.2, -0.15) is 0 Å². The number of hydrogen-bond donors (Lipinski definition) is 3. The topological polar surface area (TPSA) is 75.5 Å². The Balaban J connectivity index is 1.31. The van der Waals surface area contributed by atoms with Gasteiger partial charge >= 0.3 is 0 Å². The highest BCUT2D eigenvalue weighted by Gasteiger charge is 2.34. The van der Waals surface area contributed by atoms with E-state index < -0.39 is 0 Å². The minimum Gasteiger partial charge on any atom is -0.342 e. The minimum absolute atomic E-state index is 0.0179. The lowest BCUT2D eigenvalue weighted by atomic mass is 10.1. The van der Waals surface area contributed by atoms with Gasteiger partial charge in [-0.25, -0.2) is 4.98 Å². The zero-order valence-electron chi connectivity index (χ0n) is 17.1. The predicted molar refractivity (Wildman–Crippen MR) is 120 cm³/mol. The normalized spacial score (nSPS) is 18.4. The van der Waals surface area contributed by atoms with Crippen LogP contribution < -0.4 is 15.5 Å². The van der Waals surface area contributed by atoms with Crippen LogP contribution in [0.4, 0.5) is 5.69 Å². The number of nitrogens with zero attached hydrogens (tertiary/aromatic N) is 1. The van der Waals surface area contributed by atoms with Gasteiger partial charge in [0.2, 0.25) is 5.91 Å². The third-order valence-corrected chi connectivity index (χ3v) is 6.75. The molecule has 3 aromatic rings. The minimum atomic E-state index is -0.205. The van der Waals surface area contributed by atoms with Gasteiger partial charge in [0.1, 0.15) is 6.04 Å². The number of quaternary nitrogens is 1. The highest BCUT2D eigenvalue weighted by atomic mass is 32.1. The number of aryl methyl sites for hydroxylation is 1. The molecule has 3 N–H and O–H groups in total. The lowest BCUT2D eigenvalue weighted by Gasteiger charge is -2.19. The molecule has 2 amide bonds. The van der Waals surface area contributed by atoms with Gasteiger partial charge in [-0.05, 0) is 30.2 Å². The summed E-state index contributed by atoms with van der Waals surface area (Å²) in [5, 5.41) is 6.77. The fraction of sp³-hybridized carbons (Fsp3) is 0.348. The zero-order chi connectivity index (χ0) is 20.9. The molecule has 1 saturated heterocycles. The zero-order valence-corrected chi connectivity index (χ0v) is 17.9. The molecule has 1 fully saturated rings. The van der Waals surface area contributed by atoms with Crippen LogP contribution >= 0.6 is 11.3 Å². The van der Waals surface area contributed by atoms with Crippen molar-refractivity contribution in [3.63, 3.8) is 0 Å². The summed E-state index contributed by atoms with van der Waals surface area (Å²) < 4.78 is 1.19. The van der Waals surface area contributed by atoms with E-state index in [0.29, 0.717) is 6.54 Å². The van der Waals surface area contributed by atoms with Crippen molar-refractivity contribution in [1.29, 1.82) is 0 Å². The predicted octanol–water partition coefficient (Wildman–Crippen LogP) is 2.33. The number of amides is 2. The van der Waals surface area contributed by atoms with E-state index in [2.05, 4.69) is 16.7 Å². The summed E-state index contributed by atoms with van der Waals surface area (Å²) in [5.41, 5.74) is 2.91. The lowest BCUT2D eigenvalue weighted by molar-refractivity contribution is -0.910. The van der Waals surface area contributed by atoms with Crippen LogP contribution in [0.3, 0.4) is 0 Å². The van der Waals surface area contributed by atoms with Gasteiger partial charge in [0.25, 0.3) is 5.91 Å². The smallest absolute Gasteiger partial charge is 0.275 e. The number of carbonyl (C=O) groups is 2. The lowest BCUT2D eigenvalue weighted by Crippen LogP contribution is -3.11. The molecule has 2 aromatic carbocycles. The summed E-state index contributed by atoms with van der Waals surface area (Å²) in [7, 11) is 0. The van der Waals surface area contributed by atoms with Crippen LogP contribution in [0, 0.1) is 0 Å². The molecule has 2 atom stereocenters. The number of para-hydroxylation sites is 2. The number of rotatable bonds is 7. The molecular weight excluding hydrogens is 396 g/mol. The Hall–Kier alpha value is -2.77. The number of aromatic nitrogens is 1. The molecule has 0 aliphatic carbocycles. The van der Waals surface area contributed by atoms with Crippen molar-refractivity contribution in [2.24, 2.45) is 0 Å². The van der Waals surface area contributed by atoms with Crippen LogP contribution in [0.15, 0.2) is 48.5 Å². The molecule has 6 nitrogen and oxygen atoms in total. The van der Waals surface area contributed by atoms with Crippen LogP contribution in [-0.4, -0.2) is 36.4 Å². The number of nitrogens with one attached hydrogen (secondary N) is 3. The Morgan fingerprint density at radius 1 is 1.13 bits per heavy atom. The highest BCUT2D eigenvalue weighted by molar-refractivity contribution is 7.18. The van der Waals surface area contributed by atoms with Crippen LogP contribution in [0.25, 0.3) is 10.2 Å². The molecule has 2 heterocycles. The van der Waals surface area contributed by atoms with Gasteiger partial charge in [0, 0.05) is 18.5 Å². The number of carbonyl (C=O) groups excluding carboxylic acids is 2. The quantitative estimate of drug-likeness (QED) is 0.546. The summed E-state index contributed by atoms with van der Waals surface area (Å²) in [6, 6.07) is 16.1. The number of thiazole rings is 1. The van der Waals surface area contributed by atoms with E-state index in [0.717, 1.165) is 47.6 Å². The maximum atomic E-state index is 12.5. The molecule has 0 spiro atoms. The Morgan fingerprint density at radius 2 is 1.93 bits per heavy atom. The van der Waals surface area contributed by atoms with Gasteiger partial charge in [-0.1, -0.05) is 37.3 Å². The molecule has 4 rings (SSSR count). The molecule has 156 valence electrons. The van der Waals surface area contributed by atoms with Crippen molar-refractivity contribution in [3.05, 3.63) is 59.1 Å². The van der Waals surface area contributed by atoms with Gasteiger partial charge in [-0.3, -0.25) is 9.59 Å². The molecule has 0 radical (unpaired) electrons. The van der Waals surface area contributed by atoms with Crippen molar-refractivity contribution in [2.45, 2.75) is 32.2 Å². The van der Waals surface area contributed by atoms with Crippen molar-refractivity contribution < 1.29 is 14.5 Å². The number of likely N-dealkylation sites (tertiary alicyclic amines) is 1. The van der Waals surface area contributed by atoms with Gasteiger partial charge in [0.15, 0.2) is 11.6 Å². The molecular formula is C23H27N4O2S+. The van der Waals surface area contributed by atoms with E-state index in [9.17, 15) is 9.59 Å². The Labute approximate surface area is 180 Å². The van der Waals surface area contributed by atoms with E-state index in [1.165, 1.54) is 9.60 Å². The Bertz CT molecular complexity index is 1020. The van der Waals surface area contributed by atoms with Crippen molar-refractivity contribution in [3.8, 4) is 0 Å². The highest BCUT2D eigenvalue weighted by Crippen LogP contribution is 2.28. The SMILES string of the molecule is CCc1ccccc1NC(=O)CNC(=O)C[NH+]1CCC[C@@H]1c1nc2ccccc2s1. The molecule has 1 aliphatic heterocycles. The van der Waals surface area contributed by atoms with Crippen LogP contribution in [-0.2, 0) is 16.0 Å². The first-order valence-corrected chi connectivity index (χ1v) is 11.3. The van der Waals surface area contributed by atoms with Gasteiger partial charge in [-0.15, -0.1) is 11.3 Å². The number of fused-ring (bicyclic) bond motifs is 1. The number of benzene rings is 2. The van der Waals surface area contributed by atoms with Crippen LogP contribution in [0.1, 0.15) is 36.4 Å². The van der Waals surface area contributed by atoms with E-state index in [1.807, 2.05) is 49.4 Å². The standard InChI is InChI=1S/C23H26N4O2S/c1-2-16-8-3-4-9-17(16)25-21(28)14-24-22(29)15-27-13-7-11-19(27)23-26-18-10-5-6-12-20(18)30-23/h3-6,8-10,12,19H,2,7,11,13-15H2,1H3,(H,24,29)(H,25,28)/p+1/t19-/m1/s1. The van der Waals surface area contributed by atoms with Gasteiger partial charge < -0.3 is 15.5 Å². The second-order valence-electron chi connectivity index (χ2n) is 7.64. The summed E-state index contributed by atoms with van der Waals surface area (Å²) in [4.78, 5) is 30.8. The Morgan fingerprint density at radius 3 is 2.77 bits per heavy atom. The molecule has 1 aliphatic rings. The Kier molecular flexibility index (Phi) is 6.40. The van der Waals surface area contributed by atoms with E-state index in [-0.39, 0.29) is 24.4 Å². The van der Waals surface area contributed by atoms with Crippen molar-refractivity contribution in [1.82, 2.24) is 10.3 Å². The molecule has 1 unspecified atom stereocenters. The van der Waals surface area contributed by atoms with Gasteiger partial charge in [0.05, 0.1) is 23.3 Å². The molecule has 0 saturated carbocycles. The van der Waals surface area contributed by atoms with Crippen LogP contribution in [0.2, 0.25) is 0 Å². The fourth-order valence-electron chi connectivity index (χ4n) is 4.05. The largest absolute Gasteiger partial charge is 0.342 e. The first-order chi connectivity index (χ1) is 14.6. The van der Waals surface area contributed by atoms with E-state index in [4.69, 9.17) is 4.98 Å². The summed E-state index contributed by atoms with van der Waals surface area (Å²) in [6.07, 6.45) is 2.96. The molecule has 7 heteroatoms. The number of anilines is 1. The molecule has 30 heavy (non-hydrogen) atoms. The number of hydrogen-bond acceptors (Lipinski definition) is 4. The maximum Gasteiger partial charge on any atom is 0.275 e. The van der Waals surface area contributed by atoms with Crippen molar-refractivity contribution >= 4 is 39.1 Å². The third kappa shape index (κ3) is 4.68. The summed E-state index contributed by atoms with van der Waals surface area (Å²) in [5.74, 6) is -0.305. The average Bonchev–Trinajstić information content (AvgIpc) is 3.39. The summed E-state index contributed by atoms with van der Waals surface area (Å²) in [6.45, 7) is 3.34. The van der Waals surface area contributed by atoms with E-state index in [1.54, 1.807) is 11.3 Å². The summed E-state index contributed by atoms with van der Waals surface area (Å²) >= 11 is 1.72. The van der Waals surface area contributed by atoms with Crippen LogP contribution in [0.5, 0.6) is 0 Å². The van der Waals surface area contributed by atoms with E-state index >= 15 is 0 Å². The first-order valence-electron chi connectivity index (χ1n) is 10.5. The molecule has 1 aromatic heterocycles. The second kappa shape index (κ2) is 9.36.